The van der Waals surface area contributed by atoms with Gasteiger partial charge in [-0.1, -0.05) is 35.3 Å². The second-order valence-electron chi connectivity index (χ2n) is 12.1. The summed E-state index contributed by atoms with van der Waals surface area (Å²) in [7, 11) is -3.81. The van der Waals surface area contributed by atoms with Crippen LogP contribution in [0.25, 0.3) is 0 Å². The Morgan fingerprint density at radius 2 is 1.54 bits per heavy atom. The largest absolute Gasteiger partial charge is 0.478 e. The second kappa shape index (κ2) is 15.3. The van der Waals surface area contributed by atoms with E-state index in [0.29, 0.717) is 40.9 Å². The molecule has 0 atom stereocenters. The average molecular weight is 691 g/mol. The lowest BCUT2D eigenvalue weighted by molar-refractivity contribution is -0.120. The first-order chi connectivity index (χ1) is 22.0. The summed E-state index contributed by atoms with van der Waals surface area (Å²) >= 11 is 13.0. The number of hydrogen-bond donors (Lipinski definition) is 2. The van der Waals surface area contributed by atoms with Gasteiger partial charge in [-0.25, -0.2) is 17.6 Å². The number of likely N-dealkylation sites (tertiary alicyclic amines) is 1. The molecule has 0 radical (unpaired) electrons. The van der Waals surface area contributed by atoms with E-state index in [1.807, 2.05) is 12.1 Å². The molecule has 2 N–H and O–H groups in total. The molecule has 2 fully saturated rings. The lowest BCUT2D eigenvalue weighted by Crippen LogP contribution is -2.41. The summed E-state index contributed by atoms with van der Waals surface area (Å²) in [6.45, 7) is 3.25. The van der Waals surface area contributed by atoms with Crippen molar-refractivity contribution in [2.24, 2.45) is 11.8 Å². The zero-order valence-corrected chi connectivity index (χ0v) is 27.8. The predicted octanol–water partition coefficient (Wildman–Crippen LogP) is 6.76. The summed E-state index contributed by atoms with van der Waals surface area (Å²) in [5.74, 6) is -1.31. The monoisotopic (exact) mass is 689 g/mol. The number of carboxylic acids is 1. The fraction of sp³-hybridized carbons (Fsp3) is 0.412. The van der Waals surface area contributed by atoms with Crippen molar-refractivity contribution in [3.05, 3.63) is 93.2 Å². The smallest absolute Gasteiger partial charge is 0.335 e. The van der Waals surface area contributed by atoms with Gasteiger partial charge in [0.2, 0.25) is 15.9 Å². The predicted molar refractivity (Wildman–Crippen MR) is 178 cm³/mol. The molecular weight excluding hydrogens is 652 g/mol. The number of amides is 1. The van der Waals surface area contributed by atoms with E-state index >= 15 is 0 Å². The van der Waals surface area contributed by atoms with Crippen LogP contribution in [0.2, 0.25) is 10.0 Å². The molecule has 0 aliphatic carbocycles. The van der Waals surface area contributed by atoms with Crippen LogP contribution in [0.15, 0.2) is 65.6 Å². The quantitative estimate of drug-likeness (QED) is 0.231. The van der Waals surface area contributed by atoms with Gasteiger partial charge in [0, 0.05) is 24.7 Å². The summed E-state index contributed by atoms with van der Waals surface area (Å²) in [4.78, 5) is 26.9. The molecule has 46 heavy (non-hydrogen) atoms. The highest BCUT2D eigenvalue weighted by molar-refractivity contribution is 7.89. The molecule has 0 bridgehead atoms. The minimum Gasteiger partial charge on any atom is -0.478 e. The van der Waals surface area contributed by atoms with E-state index in [-0.39, 0.29) is 41.2 Å². The van der Waals surface area contributed by atoms with E-state index in [1.165, 1.54) is 46.3 Å². The molecule has 246 valence electrons. The first-order valence-electron chi connectivity index (χ1n) is 15.6. The van der Waals surface area contributed by atoms with E-state index in [0.717, 1.165) is 50.9 Å². The van der Waals surface area contributed by atoms with Crippen molar-refractivity contribution in [2.45, 2.75) is 49.8 Å². The molecule has 0 spiro atoms. The summed E-state index contributed by atoms with van der Waals surface area (Å²) < 4.78 is 40.8. The van der Waals surface area contributed by atoms with Crippen molar-refractivity contribution >= 4 is 50.8 Å². The van der Waals surface area contributed by atoms with E-state index in [9.17, 15) is 22.4 Å². The number of anilines is 1. The molecule has 0 unspecified atom stereocenters. The van der Waals surface area contributed by atoms with E-state index in [2.05, 4.69) is 10.2 Å². The number of benzene rings is 3. The zero-order chi connectivity index (χ0) is 32.8. The standard InChI is InChI=1S/C34H38Cl2FN3O5S/c35-30-11-12-31(29(32(30)36)2-1-17-39-18-13-24(14-19-39)22-23-3-7-27(37)8-4-23)38-33(41)25-15-20-40(21-16-25)46(44,45)28-9-5-26(6-10-28)34(42)43/h3-12,24-25H,1-2,13-22H2,(H,38,41)(H,42,43). The number of piperidine rings is 2. The van der Waals surface area contributed by atoms with Crippen molar-refractivity contribution in [3.63, 3.8) is 0 Å². The number of carbonyl (C=O) groups excluding carboxylic acids is 1. The Morgan fingerprint density at radius 3 is 2.17 bits per heavy atom. The normalized spacial score (nSPS) is 17.2. The Morgan fingerprint density at radius 1 is 0.891 bits per heavy atom. The number of rotatable bonds is 11. The molecule has 2 heterocycles. The number of carboxylic acid groups (broad SMARTS) is 1. The molecule has 2 saturated heterocycles. The van der Waals surface area contributed by atoms with Crippen molar-refractivity contribution in [1.82, 2.24) is 9.21 Å². The minimum atomic E-state index is -3.81. The summed E-state index contributed by atoms with van der Waals surface area (Å²) in [5.41, 5.74) is 2.59. The topological polar surface area (TPSA) is 107 Å². The van der Waals surface area contributed by atoms with Gasteiger partial charge in [-0.05, 0) is 130 Å². The molecule has 3 aromatic carbocycles. The number of carbonyl (C=O) groups is 2. The minimum absolute atomic E-state index is 0.00984. The highest BCUT2D eigenvalue weighted by Gasteiger charge is 2.32. The van der Waals surface area contributed by atoms with Crippen molar-refractivity contribution in [2.75, 3.05) is 38.0 Å². The highest BCUT2D eigenvalue weighted by atomic mass is 35.5. The van der Waals surface area contributed by atoms with Crippen LogP contribution in [-0.4, -0.2) is 67.3 Å². The third-order valence-corrected chi connectivity index (χ3v) is 11.8. The lowest BCUT2D eigenvalue weighted by Gasteiger charge is -2.32. The number of nitrogens with one attached hydrogen (secondary N) is 1. The molecule has 12 heteroatoms. The van der Waals surface area contributed by atoms with E-state index in [1.54, 1.807) is 12.1 Å². The fourth-order valence-electron chi connectivity index (χ4n) is 6.31. The van der Waals surface area contributed by atoms with Crippen LogP contribution in [0.1, 0.15) is 53.6 Å². The van der Waals surface area contributed by atoms with E-state index < -0.39 is 16.0 Å². The third kappa shape index (κ3) is 8.46. The lowest BCUT2D eigenvalue weighted by atomic mass is 9.90. The molecule has 0 aromatic heterocycles. The van der Waals surface area contributed by atoms with Crippen LogP contribution in [0.3, 0.4) is 0 Å². The maximum Gasteiger partial charge on any atom is 0.335 e. The van der Waals surface area contributed by atoms with E-state index in [4.69, 9.17) is 28.3 Å². The van der Waals surface area contributed by atoms with Gasteiger partial charge in [-0.15, -0.1) is 0 Å². The van der Waals surface area contributed by atoms with Crippen LogP contribution in [0.4, 0.5) is 10.1 Å². The number of nitrogens with zero attached hydrogens (tertiary/aromatic N) is 2. The van der Waals surface area contributed by atoms with Crippen molar-refractivity contribution in [1.29, 1.82) is 0 Å². The van der Waals surface area contributed by atoms with Gasteiger partial charge in [0.05, 0.1) is 20.5 Å². The highest BCUT2D eigenvalue weighted by Crippen LogP contribution is 2.34. The number of sulfonamides is 1. The number of hydrogen-bond acceptors (Lipinski definition) is 5. The van der Waals surface area contributed by atoms with Crippen LogP contribution in [0, 0.1) is 17.7 Å². The number of aromatic carboxylic acids is 1. The third-order valence-electron chi connectivity index (χ3n) is 9.06. The van der Waals surface area contributed by atoms with Gasteiger partial charge in [0.15, 0.2) is 0 Å². The van der Waals surface area contributed by atoms with Gasteiger partial charge in [0.1, 0.15) is 5.82 Å². The Hall–Kier alpha value is -3.02. The molecule has 5 rings (SSSR count). The van der Waals surface area contributed by atoms with Gasteiger partial charge >= 0.3 is 5.97 Å². The Labute approximate surface area is 279 Å². The Kier molecular flexibility index (Phi) is 11.4. The fourth-order valence-corrected chi connectivity index (χ4v) is 8.22. The van der Waals surface area contributed by atoms with Crippen LogP contribution < -0.4 is 5.32 Å². The van der Waals surface area contributed by atoms with Crippen LogP contribution >= 0.6 is 23.2 Å². The molecule has 0 saturated carbocycles. The Bertz CT molecular complexity index is 1640. The van der Waals surface area contributed by atoms with Crippen molar-refractivity contribution in [3.8, 4) is 0 Å². The molecule has 3 aromatic rings. The SMILES string of the molecule is O=C(O)c1ccc(S(=O)(=O)N2CCC(C(=O)Nc3ccc(Cl)c(Cl)c3CCCN3CCC(Cc4ccc(F)cc4)CC3)CC2)cc1. The maximum atomic E-state index is 13.3. The summed E-state index contributed by atoms with van der Waals surface area (Å²) in [6.07, 6.45) is 5.34. The molecule has 2 aliphatic rings. The van der Waals surface area contributed by atoms with Crippen LogP contribution in [-0.2, 0) is 27.7 Å². The van der Waals surface area contributed by atoms with Crippen LogP contribution in [0.5, 0.6) is 0 Å². The maximum absolute atomic E-state index is 13.3. The van der Waals surface area contributed by atoms with Crippen molar-refractivity contribution < 1.29 is 27.5 Å². The number of halogens is 3. The Balaban J connectivity index is 1.11. The van der Waals surface area contributed by atoms with Gasteiger partial charge in [-0.3, -0.25) is 4.79 Å². The average Bonchev–Trinajstić information content (AvgIpc) is 3.06. The molecule has 1 amide bonds. The first-order valence-corrected chi connectivity index (χ1v) is 17.8. The van der Waals surface area contributed by atoms with Gasteiger partial charge < -0.3 is 15.3 Å². The van der Waals surface area contributed by atoms with Gasteiger partial charge in [-0.2, -0.15) is 4.31 Å². The zero-order valence-electron chi connectivity index (χ0n) is 25.4. The summed E-state index contributed by atoms with van der Waals surface area (Å²) in [5, 5.41) is 13.0. The second-order valence-corrected chi connectivity index (χ2v) is 14.8. The summed E-state index contributed by atoms with van der Waals surface area (Å²) in [6, 6.07) is 15.3. The molecule has 8 nitrogen and oxygen atoms in total. The molecular formula is C34H38Cl2FN3O5S. The van der Waals surface area contributed by atoms with Gasteiger partial charge in [0.25, 0.3) is 0 Å². The first kappa shape index (κ1) is 34.3. The molecule has 2 aliphatic heterocycles.